The second-order valence-electron chi connectivity index (χ2n) is 10.3. The smallest absolute Gasteiger partial charge is 0.330 e. The van der Waals surface area contributed by atoms with Gasteiger partial charge in [0.15, 0.2) is 17.1 Å². The Morgan fingerprint density at radius 1 is 1.16 bits per heavy atom. The molecule has 0 radical (unpaired) electrons. The van der Waals surface area contributed by atoms with Gasteiger partial charge in [0, 0.05) is 58.4 Å². The molecule has 1 aliphatic heterocycles. The second kappa shape index (κ2) is 11.5. The van der Waals surface area contributed by atoms with E-state index in [1.165, 1.54) is 21.4 Å². The fourth-order valence-corrected chi connectivity index (χ4v) is 5.24. The number of fused-ring (bicyclic) bond motifs is 3. The molecule has 6 rings (SSSR count). The van der Waals surface area contributed by atoms with Crippen molar-refractivity contribution in [2.24, 2.45) is 7.05 Å². The van der Waals surface area contributed by atoms with Gasteiger partial charge in [0.1, 0.15) is 11.3 Å². The summed E-state index contributed by atoms with van der Waals surface area (Å²) in [6.45, 7) is 2.68. The number of halogens is 1. The fraction of sp³-hybridized carbons (Fsp3) is 0.370. The Hall–Kier alpha value is -4.80. The predicted molar refractivity (Wildman–Crippen MR) is 154 cm³/mol. The number of piperazine rings is 1. The van der Waals surface area contributed by atoms with Crippen molar-refractivity contribution in [3.8, 4) is 11.6 Å². The minimum Gasteiger partial charge on any atom is -0.461 e. The third kappa shape index (κ3) is 5.31. The van der Waals surface area contributed by atoms with Crippen LogP contribution < -0.4 is 21.6 Å². The van der Waals surface area contributed by atoms with E-state index < -0.39 is 24.4 Å². The number of hydrogen-bond acceptors (Lipinski definition) is 11. The number of furan rings is 1. The van der Waals surface area contributed by atoms with Gasteiger partial charge in [-0.05, 0) is 30.3 Å². The van der Waals surface area contributed by atoms with E-state index in [-0.39, 0.29) is 23.7 Å². The first-order chi connectivity index (χ1) is 20.7. The molecule has 0 aliphatic carbocycles. The molecule has 1 aliphatic rings. The van der Waals surface area contributed by atoms with Gasteiger partial charge in [-0.25, -0.2) is 14.2 Å². The zero-order valence-corrected chi connectivity index (χ0v) is 23.4. The average molecular weight is 595 g/mol. The Morgan fingerprint density at radius 2 is 1.95 bits per heavy atom. The van der Waals surface area contributed by atoms with Crippen LogP contribution >= 0.6 is 0 Å². The van der Waals surface area contributed by atoms with Gasteiger partial charge in [-0.3, -0.25) is 18.8 Å². The number of imidazole rings is 1. The van der Waals surface area contributed by atoms with Crippen molar-refractivity contribution in [3.05, 3.63) is 58.5 Å². The highest BCUT2D eigenvalue weighted by atomic mass is 19.1. The number of aryl methyl sites for hydroxylation is 1. The normalized spacial score (nSPS) is 15.0. The first-order valence-corrected chi connectivity index (χ1v) is 13.7. The van der Waals surface area contributed by atoms with E-state index in [9.17, 15) is 19.1 Å². The molecule has 1 atom stereocenters. The van der Waals surface area contributed by atoms with Crippen LogP contribution in [0.2, 0.25) is 0 Å². The average Bonchev–Trinajstić information content (AvgIpc) is 3.75. The second-order valence-corrected chi connectivity index (χ2v) is 10.3. The number of nitrogens with two attached hydrogens (primary N) is 1. The number of nitrogen functional groups attached to an aromatic ring is 1. The van der Waals surface area contributed by atoms with Crippen LogP contribution in [0.15, 0.2) is 45.8 Å². The summed E-state index contributed by atoms with van der Waals surface area (Å²) in [4.78, 5) is 38.6. The molecular formula is C27H31FN10O5. The van der Waals surface area contributed by atoms with Crippen LogP contribution in [-0.4, -0.2) is 102 Å². The zero-order valence-electron chi connectivity index (χ0n) is 23.4. The lowest BCUT2D eigenvalue weighted by atomic mass is 10.1. The number of aromatic nitrogens is 6. The van der Waals surface area contributed by atoms with Crippen molar-refractivity contribution in [2.75, 3.05) is 56.5 Å². The number of nitrogens with zero attached hydrogens (tertiary/aromatic N) is 8. The van der Waals surface area contributed by atoms with Crippen LogP contribution in [0.5, 0.6) is 0 Å². The summed E-state index contributed by atoms with van der Waals surface area (Å²) in [6.07, 6.45) is 0.442. The number of benzene rings is 1. The third-order valence-corrected chi connectivity index (χ3v) is 7.59. The van der Waals surface area contributed by atoms with Gasteiger partial charge in [-0.1, -0.05) is 0 Å². The maximum absolute atomic E-state index is 14.9. The Morgan fingerprint density at radius 3 is 2.65 bits per heavy atom. The summed E-state index contributed by atoms with van der Waals surface area (Å²) in [6, 6.07) is 7.72. The van der Waals surface area contributed by atoms with Crippen molar-refractivity contribution in [3.63, 3.8) is 0 Å². The fourth-order valence-electron chi connectivity index (χ4n) is 5.24. The van der Waals surface area contributed by atoms with Crippen LogP contribution in [0.4, 0.5) is 16.0 Å². The number of aliphatic hydroxyl groups is 2. The summed E-state index contributed by atoms with van der Waals surface area (Å²) < 4.78 is 24.8. The van der Waals surface area contributed by atoms with Crippen molar-refractivity contribution in [2.45, 2.75) is 12.6 Å². The standard InChI is InChI=1S/C27H31FN10O5/c1-34-21-23(32-26(29)38-24(21)31-22(33-38)20-3-2-12-43-20)37(27(34)42)11-8-35-6-9-36(10-7-35)19-5-4-16(13-18(19)28)25(41)30-14-17(40)15-39/h2-5,12-13,17,39-40H,6-11,14-15H2,1H3,(H2,29,32)(H,30,41). The summed E-state index contributed by atoms with van der Waals surface area (Å²) in [7, 11) is 1.65. The van der Waals surface area contributed by atoms with Crippen molar-refractivity contribution in [1.82, 2.24) is 38.9 Å². The SMILES string of the molecule is Cn1c(=O)n(CCN2CCN(c3ccc(C(=O)NCC(O)CO)cc3F)CC2)c2nc(N)n3nc(-c4ccco4)nc3c21. The van der Waals surface area contributed by atoms with E-state index in [1.807, 2.05) is 4.90 Å². The predicted octanol–water partition coefficient (Wildman–Crippen LogP) is -0.336. The Balaban J connectivity index is 1.13. The molecule has 226 valence electrons. The maximum Gasteiger partial charge on any atom is 0.330 e. The zero-order chi connectivity index (χ0) is 30.2. The first kappa shape index (κ1) is 28.3. The maximum atomic E-state index is 14.9. The highest BCUT2D eigenvalue weighted by Crippen LogP contribution is 2.24. The van der Waals surface area contributed by atoms with Gasteiger partial charge >= 0.3 is 5.69 Å². The topological polar surface area (TPSA) is 185 Å². The molecule has 15 nitrogen and oxygen atoms in total. The van der Waals surface area contributed by atoms with E-state index in [0.29, 0.717) is 73.4 Å². The molecule has 1 amide bonds. The molecule has 1 aromatic carbocycles. The summed E-state index contributed by atoms with van der Waals surface area (Å²) in [5.41, 5.74) is 7.78. The quantitative estimate of drug-likeness (QED) is 0.175. The van der Waals surface area contributed by atoms with Crippen LogP contribution in [0, 0.1) is 5.82 Å². The van der Waals surface area contributed by atoms with Crippen molar-refractivity contribution >= 4 is 34.4 Å². The Bertz CT molecular complexity index is 1840. The van der Waals surface area contributed by atoms with E-state index in [1.54, 1.807) is 29.8 Å². The lowest BCUT2D eigenvalue weighted by Crippen LogP contribution is -2.47. The van der Waals surface area contributed by atoms with Gasteiger partial charge in [0.05, 0.1) is 24.7 Å². The van der Waals surface area contributed by atoms with Crippen molar-refractivity contribution < 1.29 is 23.8 Å². The van der Waals surface area contributed by atoms with Crippen molar-refractivity contribution in [1.29, 1.82) is 0 Å². The number of anilines is 2. The van der Waals surface area contributed by atoms with Gasteiger partial charge in [-0.15, -0.1) is 5.10 Å². The number of carbonyl (C=O) groups is 1. The highest BCUT2D eigenvalue weighted by molar-refractivity contribution is 5.94. The molecular weight excluding hydrogens is 563 g/mol. The van der Waals surface area contributed by atoms with Crippen LogP contribution in [0.25, 0.3) is 28.4 Å². The Labute approximate surface area is 243 Å². The van der Waals surface area contributed by atoms with E-state index >= 15 is 0 Å². The molecule has 4 aromatic heterocycles. The monoisotopic (exact) mass is 594 g/mol. The summed E-state index contributed by atoms with van der Waals surface area (Å²) in [5.74, 6) is -0.170. The van der Waals surface area contributed by atoms with Crippen LogP contribution in [0.3, 0.4) is 0 Å². The largest absolute Gasteiger partial charge is 0.461 e. The minimum atomic E-state index is -1.08. The molecule has 5 N–H and O–H groups in total. The van der Waals surface area contributed by atoms with E-state index in [4.69, 9.17) is 15.3 Å². The molecule has 0 spiro atoms. The summed E-state index contributed by atoms with van der Waals surface area (Å²) >= 11 is 0. The molecule has 1 fully saturated rings. The van der Waals surface area contributed by atoms with Crippen LogP contribution in [0.1, 0.15) is 10.4 Å². The van der Waals surface area contributed by atoms with Crippen LogP contribution in [-0.2, 0) is 13.6 Å². The van der Waals surface area contributed by atoms with E-state index in [2.05, 4.69) is 25.3 Å². The molecule has 5 aromatic rings. The summed E-state index contributed by atoms with van der Waals surface area (Å²) in [5, 5.41) is 25.1. The molecule has 0 saturated carbocycles. The molecule has 5 heterocycles. The van der Waals surface area contributed by atoms with Gasteiger partial charge in [0.25, 0.3) is 5.91 Å². The lowest BCUT2D eigenvalue weighted by molar-refractivity contribution is 0.0801. The third-order valence-electron chi connectivity index (χ3n) is 7.59. The number of nitrogens with one attached hydrogen (secondary N) is 1. The van der Waals surface area contributed by atoms with Gasteiger partial charge < -0.3 is 30.6 Å². The molecule has 16 heteroatoms. The number of hydrogen-bond donors (Lipinski definition) is 4. The number of aliphatic hydroxyl groups excluding tert-OH is 2. The highest BCUT2D eigenvalue weighted by Gasteiger charge is 2.24. The van der Waals surface area contributed by atoms with E-state index in [0.717, 1.165) is 6.07 Å². The lowest BCUT2D eigenvalue weighted by Gasteiger charge is -2.36. The number of amides is 1. The van der Waals surface area contributed by atoms with Gasteiger partial charge in [-0.2, -0.15) is 9.50 Å². The first-order valence-electron chi connectivity index (χ1n) is 13.7. The Kier molecular flexibility index (Phi) is 7.55. The number of carbonyl (C=O) groups excluding carboxylic acids is 1. The molecule has 43 heavy (non-hydrogen) atoms. The molecule has 1 unspecified atom stereocenters. The minimum absolute atomic E-state index is 0.0917. The van der Waals surface area contributed by atoms with Gasteiger partial charge in [0.2, 0.25) is 11.8 Å². The molecule has 1 saturated heterocycles. The number of rotatable bonds is 9. The molecule has 0 bridgehead atoms.